The van der Waals surface area contributed by atoms with Gasteiger partial charge in [0.05, 0.1) is 6.20 Å². The largest absolute Gasteiger partial charge is 0.341 e. The first-order valence-electron chi connectivity index (χ1n) is 6.04. The van der Waals surface area contributed by atoms with E-state index >= 15 is 0 Å². The lowest BCUT2D eigenvalue weighted by molar-refractivity contribution is 0.0971. The monoisotopic (exact) mass is 296 g/mol. The van der Waals surface area contributed by atoms with E-state index in [4.69, 9.17) is 0 Å². The van der Waals surface area contributed by atoms with Crippen molar-refractivity contribution < 1.29 is 13.2 Å². The number of aryl methyl sites for hydroxylation is 1. The van der Waals surface area contributed by atoms with E-state index in [1.165, 1.54) is 17.1 Å². The number of sulfonamides is 1. The van der Waals surface area contributed by atoms with Crippen LogP contribution < -0.4 is 4.72 Å². The first kappa shape index (κ1) is 14.3. The molecule has 0 radical (unpaired) electrons. The van der Waals surface area contributed by atoms with Crippen LogP contribution in [0, 0.1) is 0 Å². The van der Waals surface area contributed by atoms with E-state index in [2.05, 4.69) is 5.10 Å². The summed E-state index contributed by atoms with van der Waals surface area (Å²) in [5, 5.41) is 3.78. The van der Waals surface area contributed by atoms with Crippen LogP contribution in [0.1, 0.15) is 30.4 Å². The van der Waals surface area contributed by atoms with Gasteiger partial charge in [-0.25, -0.2) is 13.1 Å². The maximum absolute atomic E-state index is 12.1. The molecule has 20 heavy (non-hydrogen) atoms. The van der Waals surface area contributed by atoms with Gasteiger partial charge in [0, 0.05) is 25.5 Å². The van der Waals surface area contributed by atoms with Crippen molar-refractivity contribution in [1.29, 1.82) is 0 Å². The Bertz CT molecular complexity index is 727. The summed E-state index contributed by atoms with van der Waals surface area (Å²) in [5.41, 5.74) is 0.299. The van der Waals surface area contributed by atoms with Gasteiger partial charge >= 0.3 is 0 Å². The molecular weight excluding hydrogens is 280 g/mol. The molecule has 1 amide bonds. The summed E-state index contributed by atoms with van der Waals surface area (Å²) in [7, 11) is -2.30. The van der Waals surface area contributed by atoms with Crippen LogP contribution in [0.3, 0.4) is 0 Å². The highest BCUT2D eigenvalue weighted by Gasteiger charge is 2.22. The molecule has 0 saturated carbocycles. The zero-order valence-electron chi connectivity index (χ0n) is 11.4. The molecule has 0 aliphatic carbocycles. The zero-order chi connectivity index (χ0) is 14.9. The highest BCUT2D eigenvalue weighted by Crippen LogP contribution is 2.12. The number of amides is 1. The molecule has 2 heterocycles. The van der Waals surface area contributed by atoms with E-state index in [9.17, 15) is 13.2 Å². The summed E-state index contributed by atoms with van der Waals surface area (Å²) in [4.78, 5) is 12.0. The van der Waals surface area contributed by atoms with Crippen LogP contribution in [-0.2, 0) is 17.1 Å². The molecule has 108 valence electrons. The number of rotatable bonds is 4. The zero-order valence-corrected chi connectivity index (χ0v) is 12.3. The molecule has 0 aromatic carbocycles. The molecule has 7 nitrogen and oxygen atoms in total. The number of carbonyl (C=O) groups is 1. The van der Waals surface area contributed by atoms with Gasteiger partial charge in [-0.05, 0) is 26.0 Å². The predicted molar refractivity (Wildman–Crippen MR) is 72.7 cm³/mol. The maximum atomic E-state index is 12.1. The second-order valence-corrected chi connectivity index (χ2v) is 6.36. The highest BCUT2D eigenvalue weighted by atomic mass is 32.2. The fourth-order valence-corrected chi connectivity index (χ4v) is 2.75. The summed E-state index contributed by atoms with van der Waals surface area (Å²) >= 11 is 0. The summed E-state index contributed by atoms with van der Waals surface area (Å²) in [6.07, 6.45) is 4.25. The average molecular weight is 296 g/mol. The molecule has 1 N–H and O–H groups in total. The van der Waals surface area contributed by atoms with Gasteiger partial charge < -0.3 is 4.57 Å². The molecule has 0 unspecified atom stereocenters. The van der Waals surface area contributed by atoms with Crippen molar-refractivity contribution >= 4 is 15.9 Å². The van der Waals surface area contributed by atoms with Crippen LogP contribution in [0.2, 0.25) is 0 Å². The Hall–Kier alpha value is -2.09. The van der Waals surface area contributed by atoms with E-state index in [1.807, 2.05) is 18.6 Å². The van der Waals surface area contributed by atoms with Crippen LogP contribution in [-0.4, -0.2) is 28.7 Å². The average Bonchev–Trinajstić information content (AvgIpc) is 2.96. The smallest absolute Gasteiger partial charge is 0.281 e. The van der Waals surface area contributed by atoms with Gasteiger partial charge in [0.1, 0.15) is 10.6 Å². The van der Waals surface area contributed by atoms with Crippen molar-refractivity contribution in [3.05, 3.63) is 36.4 Å². The third kappa shape index (κ3) is 2.74. The highest BCUT2D eigenvalue weighted by molar-refractivity contribution is 7.90. The van der Waals surface area contributed by atoms with E-state index in [1.54, 1.807) is 29.9 Å². The van der Waals surface area contributed by atoms with E-state index in [0.29, 0.717) is 5.69 Å². The Balaban J connectivity index is 2.25. The molecule has 0 spiro atoms. The summed E-state index contributed by atoms with van der Waals surface area (Å²) in [6.45, 7) is 3.82. The molecule has 0 atom stereocenters. The molecule has 0 fully saturated rings. The molecule has 0 aliphatic rings. The number of nitrogens with one attached hydrogen (secondary N) is 1. The Labute approximate surface area is 117 Å². The van der Waals surface area contributed by atoms with Gasteiger partial charge in [0.15, 0.2) is 0 Å². The minimum absolute atomic E-state index is 0.0454. The fourth-order valence-electron chi connectivity index (χ4n) is 1.81. The minimum atomic E-state index is -3.90. The van der Waals surface area contributed by atoms with Crippen molar-refractivity contribution in [2.75, 3.05) is 0 Å². The molecule has 2 aromatic heterocycles. The van der Waals surface area contributed by atoms with Crippen LogP contribution in [0.4, 0.5) is 0 Å². The Morgan fingerprint density at radius 2 is 2.10 bits per heavy atom. The SMILES string of the molecule is CC(C)n1cccc1C(=O)NS(=O)(=O)c1cnn(C)c1. The van der Waals surface area contributed by atoms with Crippen LogP contribution in [0.15, 0.2) is 35.6 Å². The maximum Gasteiger partial charge on any atom is 0.281 e. The second-order valence-electron chi connectivity index (χ2n) is 4.68. The molecule has 0 aliphatic heterocycles. The van der Waals surface area contributed by atoms with Crippen molar-refractivity contribution in [1.82, 2.24) is 19.1 Å². The fraction of sp³-hybridized carbons (Fsp3) is 0.333. The van der Waals surface area contributed by atoms with Gasteiger partial charge in [-0.15, -0.1) is 0 Å². The molecule has 2 aromatic rings. The lowest BCUT2D eigenvalue weighted by Crippen LogP contribution is -2.32. The summed E-state index contributed by atoms with van der Waals surface area (Å²) < 4.78 is 29.2. The second kappa shape index (κ2) is 5.12. The molecule has 2 rings (SSSR count). The van der Waals surface area contributed by atoms with Crippen molar-refractivity contribution in [2.24, 2.45) is 7.05 Å². The van der Waals surface area contributed by atoms with Crippen LogP contribution in [0.5, 0.6) is 0 Å². The van der Waals surface area contributed by atoms with Gasteiger partial charge in [0.25, 0.3) is 15.9 Å². The molecule has 0 bridgehead atoms. The Kier molecular flexibility index (Phi) is 3.67. The van der Waals surface area contributed by atoms with Crippen LogP contribution >= 0.6 is 0 Å². The van der Waals surface area contributed by atoms with E-state index in [-0.39, 0.29) is 10.9 Å². The topological polar surface area (TPSA) is 86.0 Å². The first-order chi connectivity index (χ1) is 9.31. The quantitative estimate of drug-likeness (QED) is 0.909. The summed E-state index contributed by atoms with van der Waals surface area (Å²) in [5.74, 6) is -0.660. The Morgan fingerprint density at radius 3 is 2.65 bits per heavy atom. The lowest BCUT2D eigenvalue weighted by Gasteiger charge is -2.12. The first-order valence-corrected chi connectivity index (χ1v) is 7.52. The number of hydrogen-bond acceptors (Lipinski definition) is 4. The third-order valence-electron chi connectivity index (χ3n) is 2.79. The number of aromatic nitrogens is 3. The van der Waals surface area contributed by atoms with Crippen molar-refractivity contribution in [3.8, 4) is 0 Å². The van der Waals surface area contributed by atoms with E-state index in [0.717, 1.165) is 0 Å². The molecule has 8 heteroatoms. The minimum Gasteiger partial charge on any atom is -0.341 e. The van der Waals surface area contributed by atoms with Crippen molar-refractivity contribution in [3.63, 3.8) is 0 Å². The van der Waals surface area contributed by atoms with Gasteiger partial charge in [-0.3, -0.25) is 9.48 Å². The lowest BCUT2D eigenvalue weighted by atomic mass is 10.3. The molecule has 0 saturated heterocycles. The predicted octanol–water partition coefficient (Wildman–Crippen LogP) is 0.921. The van der Waals surface area contributed by atoms with Gasteiger partial charge in [-0.1, -0.05) is 0 Å². The number of carbonyl (C=O) groups excluding carboxylic acids is 1. The standard InChI is InChI=1S/C12H16N4O3S/c1-9(2)16-6-4-5-11(16)12(17)14-20(18,19)10-7-13-15(3)8-10/h4-9H,1-3H3,(H,14,17). The number of nitrogens with zero attached hydrogens (tertiary/aromatic N) is 3. The van der Waals surface area contributed by atoms with Crippen molar-refractivity contribution in [2.45, 2.75) is 24.8 Å². The van der Waals surface area contributed by atoms with Gasteiger partial charge in [-0.2, -0.15) is 5.10 Å². The normalized spacial score (nSPS) is 11.8. The van der Waals surface area contributed by atoms with E-state index < -0.39 is 15.9 Å². The third-order valence-corrected chi connectivity index (χ3v) is 4.07. The Morgan fingerprint density at radius 1 is 1.40 bits per heavy atom. The number of hydrogen-bond donors (Lipinski definition) is 1. The summed E-state index contributed by atoms with van der Waals surface area (Å²) in [6, 6.07) is 3.34. The molecular formula is C12H16N4O3S. The van der Waals surface area contributed by atoms with Crippen LogP contribution in [0.25, 0.3) is 0 Å². The van der Waals surface area contributed by atoms with Gasteiger partial charge in [0.2, 0.25) is 0 Å².